The van der Waals surface area contributed by atoms with E-state index in [0.717, 1.165) is 12.5 Å². The quantitative estimate of drug-likeness (QED) is 0.229. The molecule has 13 nitrogen and oxygen atoms in total. The molecule has 6 heterocycles. The largest absolute Gasteiger partial charge is 0.473 e. The predicted octanol–water partition coefficient (Wildman–Crippen LogP) is 3.87. The molecule has 4 aromatic heterocycles. The summed E-state index contributed by atoms with van der Waals surface area (Å²) in [5.41, 5.74) is 1.39. The molecule has 2 aliphatic rings. The summed E-state index contributed by atoms with van der Waals surface area (Å²) in [5, 5.41) is 24.0. The SMILES string of the molecule is N#Cc1ccc(COc2ccc(F)c(N3CCN(Cc4nc5cc(-c6nnc(C(F)(F)F)[nH]6)nnc5n4C[C@@H]4CCO4)CC3)n2)c(F)c1. The summed E-state index contributed by atoms with van der Waals surface area (Å²) in [6.45, 7) is 3.38. The van der Waals surface area contributed by atoms with Gasteiger partial charge in [-0.05, 0) is 30.7 Å². The average Bonchev–Trinajstić information content (AvgIpc) is 3.68. The Bertz CT molecular complexity index is 2000. The Morgan fingerprint density at radius 3 is 2.48 bits per heavy atom. The Labute approximate surface area is 269 Å². The van der Waals surface area contributed by atoms with Crippen LogP contribution in [0.25, 0.3) is 22.7 Å². The molecule has 0 saturated carbocycles. The van der Waals surface area contributed by atoms with E-state index >= 15 is 0 Å². The topological polar surface area (TPSA) is 147 Å². The number of nitriles is 1. The third kappa shape index (κ3) is 6.46. The highest BCUT2D eigenvalue weighted by molar-refractivity contribution is 5.75. The fourth-order valence-corrected chi connectivity index (χ4v) is 5.46. The number of fused-ring (bicyclic) bond motifs is 1. The van der Waals surface area contributed by atoms with Crippen molar-refractivity contribution in [2.75, 3.05) is 37.7 Å². The van der Waals surface area contributed by atoms with E-state index in [4.69, 9.17) is 19.7 Å². The molecule has 0 radical (unpaired) electrons. The number of pyridine rings is 1. The van der Waals surface area contributed by atoms with Gasteiger partial charge in [0.25, 0.3) is 0 Å². The Kier molecular flexibility index (Phi) is 8.31. The van der Waals surface area contributed by atoms with Crippen LogP contribution in [-0.4, -0.2) is 83.7 Å². The lowest BCUT2D eigenvalue weighted by Crippen LogP contribution is -2.47. The first-order valence-corrected chi connectivity index (χ1v) is 14.9. The molecule has 0 spiro atoms. The first-order chi connectivity index (χ1) is 23.1. The lowest BCUT2D eigenvalue weighted by molar-refractivity contribution is -0.144. The van der Waals surface area contributed by atoms with E-state index in [-0.39, 0.29) is 47.1 Å². The zero-order valence-electron chi connectivity index (χ0n) is 25.1. The van der Waals surface area contributed by atoms with Crippen LogP contribution in [0.15, 0.2) is 36.4 Å². The van der Waals surface area contributed by atoms with E-state index in [0.29, 0.717) is 62.9 Å². The summed E-state index contributed by atoms with van der Waals surface area (Å²) in [6, 6.07) is 10.1. The van der Waals surface area contributed by atoms with Gasteiger partial charge in [0.05, 0.1) is 30.8 Å². The number of piperazine rings is 1. The molecule has 1 N–H and O–H groups in total. The number of nitrogens with one attached hydrogen (secondary N) is 1. The third-order valence-electron chi connectivity index (χ3n) is 8.15. The van der Waals surface area contributed by atoms with Crippen molar-refractivity contribution in [2.24, 2.45) is 0 Å². The number of halogens is 5. The number of H-pyrrole nitrogens is 1. The minimum Gasteiger partial charge on any atom is -0.473 e. The smallest absolute Gasteiger partial charge is 0.451 e. The van der Waals surface area contributed by atoms with Gasteiger partial charge in [0.2, 0.25) is 11.7 Å². The molecule has 0 unspecified atom stereocenters. The van der Waals surface area contributed by atoms with Crippen LogP contribution in [0.5, 0.6) is 5.88 Å². The molecule has 48 heavy (non-hydrogen) atoms. The third-order valence-corrected chi connectivity index (χ3v) is 8.15. The van der Waals surface area contributed by atoms with E-state index in [9.17, 15) is 22.0 Å². The normalized spacial score (nSPS) is 17.0. The van der Waals surface area contributed by atoms with Crippen molar-refractivity contribution < 1.29 is 31.4 Å². The Morgan fingerprint density at radius 1 is 0.979 bits per heavy atom. The second-order valence-electron chi connectivity index (χ2n) is 11.3. The molecule has 1 aromatic carbocycles. The summed E-state index contributed by atoms with van der Waals surface area (Å²) >= 11 is 0. The molecule has 1 atom stereocenters. The molecule has 2 fully saturated rings. The first-order valence-electron chi connectivity index (χ1n) is 14.9. The van der Waals surface area contributed by atoms with Crippen LogP contribution in [0, 0.1) is 23.0 Å². The molecule has 0 bridgehead atoms. The molecule has 0 aliphatic carbocycles. The number of imidazole rings is 1. The van der Waals surface area contributed by atoms with Gasteiger partial charge in [-0.15, -0.1) is 20.4 Å². The van der Waals surface area contributed by atoms with Gasteiger partial charge in [-0.3, -0.25) is 4.90 Å². The van der Waals surface area contributed by atoms with Gasteiger partial charge >= 0.3 is 6.18 Å². The van der Waals surface area contributed by atoms with Crippen LogP contribution in [-0.2, 0) is 30.6 Å². The Balaban J connectivity index is 1.04. The maximum atomic E-state index is 14.9. The number of alkyl halides is 3. The van der Waals surface area contributed by atoms with E-state index < -0.39 is 23.6 Å². The molecular formula is C30H26F5N11O2. The van der Waals surface area contributed by atoms with Gasteiger partial charge in [-0.1, -0.05) is 6.07 Å². The van der Waals surface area contributed by atoms with E-state index in [1.807, 2.05) is 10.6 Å². The van der Waals surface area contributed by atoms with E-state index in [1.54, 1.807) is 4.90 Å². The fraction of sp³-hybridized carbons (Fsp3) is 0.367. The lowest BCUT2D eigenvalue weighted by Gasteiger charge is -2.35. The molecule has 2 aliphatic heterocycles. The summed E-state index contributed by atoms with van der Waals surface area (Å²) in [5.74, 6) is -1.60. The molecule has 7 rings (SSSR count). The van der Waals surface area contributed by atoms with Crippen molar-refractivity contribution in [3.8, 4) is 23.5 Å². The second kappa shape index (κ2) is 12.7. The zero-order chi connectivity index (χ0) is 33.4. The molecule has 2 saturated heterocycles. The number of benzene rings is 1. The summed E-state index contributed by atoms with van der Waals surface area (Å²) < 4.78 is 81.5. The first kappa shape index (κ1) is 31.3. The summed E-state index contributed by atoms with van der Waals surface area (Å²) in [6.07, 6.45) is -3.85. The number of aromatic amines is 1. The van der Waals surface area contributed by atoms with Gasteiger partial charge in [0.1, 0.15) is 29.5 Å². The second-order valence-corrected chi connectivity index (χ2v) is 11.3. The molecule has 248 valence electrons. The van der Waals surface area contributed by atoms with Crippen molar-refractivity contribution in [1.29, 1.82) is 5.26 Å². The van der Waals surface area contributed by atoms with Crippen LogP contribution < -0.4 is 9.64 Å². The van der Waals surface area contributed by atoms with E-state index in [2.05, 4.69) is 35.3 Å². The number of hydrogen-bond acceptors (Lipinski definition) is 11. The van der Waals surface area contributed by atoms with Crippen molar-refractivity contribution >= 4 is 17.0 Å². The minimum absolute atomic E-state index is 0.0277. The van der Waals surface area contributed by atoms with Crippen molar-refractivity contribution in [1.82, 2.24) is 44.8 Å². The number of anilines is 1. The zero-order valence-corrected chi connectivity index (χ0v) is 25.1. The minimum atomic E-state index is -4.68. The van der Waals surface area contributed by atoms with Gasteiger partial charge in [-0.25, -0.2) is 13.8 Å². The maximum absolute atomic E-state index is 14.9. The van der Waals surface area contributed by atoms with E-state index in [1.165, 1.54) is 30.3 Å². The average molecular weight is 668 g/mol. The standard InChI is InChI=1S/C30H26F5N11O2/c31-20-3-4-25(48-16-18-2-1-17(13-36)11-21(18)32)38-27(20)45-8-6-44(7-9-45)15-24-37-23-12-22(26-39-29(43-41-26)30(33,34)35)40-42-28(23)46(24)14-19-5-10-47-19/h1-4,11-12,19H,5-10,14-16H2,(H,39,41,43)/t19-/m0/s1. The van der Waals surface area contributed by atoms with Crippen molar-refractivity contribution in [3.63, 3.8) is 0 Å². The highest BCUT2D eigenvalue weighted by atomic mass is 19.4. The summed E-state index contributed by atoms with van der Waals surface area (Å²) in [7, 11) is 0. The van der Waals surface area contributed by atoms with Crippen molar-refractivity contribution in [3.05, 3.63) is 70.8 Å². The highest BCUT2D eigenvalue weighted by Crippen LogP contribution is 2.29. The van der Waals surface area contributed by atoms with Crippen LogP contribution in [0.1, 0.15) is 29.2 Å². The number of rotatable bonds is 9. The predicted molar refractivity (Wildman–Crippen MR) is 157 cm³/mol. The fourth-order valence-electron chi connectivity index (χ4n) is 5.46. The number of hydrogen-bond donors (Lipinski definition) is 1. The molecule has 18 heteroatoms. The summed E-state index contributed by atoms with van der Waals surface area (Å²) in [4.78, 5) is 15.2. The van der Waals surface area contributed by atoms with Gasteiger partial charge in [0.15, 0.2) is 23.1 Å². The monoisotopic (exact) mass is 667 g/mol. The Hall–Kier alpha value is -5.28. The van der Waals surface area contributed by atoms with Gasteiger partial charge in [-0.2, -0.15) is 23.4 Å². The highest BCUT2D eigenvalue weighted by Gasteiger charge is 2.36. The number of ether oxygens (including phenoxy) is 2. The van der Waals surface area contributed by atoms with Gasteiger partial charge < -0.3 is 23.9 Å². The van der Waals surface area contributed by atoms with Crippen LogP contribution in [0.2, 0.25) is 0 Å². The maximum Gasteiger partial charge on any atom is 0.451 e. The molecule has 5 aromatic rings. The number of aromatic nitrogens is 8. The van der Waals surface area contributed by atoms with Crippen molar-refractivity contribution in [2.45, 2.75) is 38.4 Å². The lowest BCUT2D eigenvalue weighted by atomic mass is 10.1. The molecular weight excluding hydrogens is 641 g/mol. The van der Waals surface area contributed by atoms with Crippen LogP contribution in [0.4, 0.5) is 27.8 Å². The van der Waals surface area contributed by atoms with Gasteiger partial charge in [0, 0.05) is 44.4 Å². The van der Waals surface area contributed by atoms with Crippen LogP contribution in [0.3, 0.4) is 0 Å². The van der Waals surface area contributed by atoms with Crippen LogP contribution >= 0.6 is 0 Å². The Morgan fingerprint density at radius 2 is 1.79 bits per heavy atom. The molecule has 0 amide bonds. The number of nitrogens with zero attached hydrogens (tertiary/aromatic N) is 10.